The highest BCUT2D eigenvalue weighted by Gasteiger charge is 2.06. The van der Waals surface area contributed by atoms with Crippen LogP contribution in [-0.2, 0) is 7.05 Å². The summed E-state index contributed by atoms with van der Waals surface area (Å²) in [6.07, 6.45) is 1.43. The van der Waals surface area contributed by atoms with Crippen LogP contribution in [0.15, 0.2) is 15.5 Å². The lowest BCUT2D eigenvalue weighted by molar-refractivity contribution is 0.564. The Kier molecular flexibility index (Phi) is 1.30. The van der Waals surface area contributed by atoms with Gasteiger partial charge in [0.05, 0.1) is 0 Å². The highest BCUT2D eigenvalue weighted by Crippen LogP contribution is 2.10. The van der Waals surface area contributed by atoms with Crippen molar-refractivity contribution >= 4 is 11.1 Å². The van der Waals surface area contributed by atoms with Crippen LogP contribution in [0.1, 0.15) is 5.76 Å². The zero-order valence-electron chi connectivity index (χ0n) is 6.79. The fourth-order valence-corrected chi connectivity index (χ4v) is 1.05. The molecule has 0 aliphatic rings. The minimum absolute atomic E-state index is 0.128. The van der Waals surface area contributed by atoms with Crippen molar-refractivity contribution in [2.24, 2.45) is 7.05 Å². The molecule has 2 rings (SSSR count). The van der Waals surface area contributed by atoms with Gasteiger partial charge in [0.1, 0.15) is 17.5 Å². The van der Waals surface area contributed by atoms with Gasteiger partial charge in [0.2, 0.25) is 5.71 Å². The number of hydrogen-bond acceptors (Lipinski definition) is 3. The Morgan fingerprint density at radius 1 is 1.67 bits per heavy atom. The number of fused-ring (bicyclic) bond motifs is 1. The smallest absolute Gasteiger partial charge is 0.264 e. The summed E-state index contributed by atoms with van der Waals surface area (Å²) in [5, 5.41) is 0.414. The third-order valence-corrected chi connectivity index (χ3v) is 1.65. The molecule has 0 saturated carbocycles. The van der Waals surface area contributed by atoms with Gasteiger partial charge in [-0.15, -0.1) is 0 Å². The first kappa shape index (κ1) is 7.09. The molecule has 2 aromatic rings. The minimum Gasteiger partial charge on any atom is -0.442 e. The van der Waals surface area contributed by atoms with Crippen molar-refractivity contribution in [1.82, 2.24) is 9.55 Å². The number of hydrogen-bond donors (Lipinski definition) is 0. The Balaban J connectivity index is 2.99. The molecule has 0 unspecified atom stereocenters. The largest absolute Gasteiger partial charge is 0.442 e. The van der Waals surface area contributed by atoms with Crippen molar-refractivity contribution < 1.29 is 4.42 Å². The first-order valence-electron chi connectivity index (χ1n) is 3.52. The molecule has 1 radical (unpaired) electrons. The molecule has 2 heterocycles. The summed E-state index contributed by atoms with van der Waals surface area (Å²) in [7, 11) is 1.64. The standard InChI is InChI=1S/C8H7N2O2/c1-5-3-6-7(12-5)9-4-10(2)8(6)11/h4H,1-2H3. The van der Waals surface area contributed by atoms with Crippen LogP contribution < -0.4 is 5.56 Å². The molecule has 4 nitrogen and oxygen atoms in total. The van der Waals surface area contributed by atoms with Crippen LogP contribution >= 0.6 is 0 Å². The van der Waals surface area contributed by atoms with Gasteiger partial charge in [-0.05, 0) is 6.92 Å². The Labute approximate surface area is 68.4 Å². The van der Waals surface area contributed by atoms with Crippen LogP contribution in [0, 0.1) is 13.0 Å². The van der Waals surface area contributed by atoms with Gasteiger partial charge in [-0.2, -0.15) is 0 Å². The van der Waals surface area contributed by atoms with Crippen LogP contribution in [-0.4, -0.2) is 9.55 Å². The third-order valence-electron chi connectivity index (χ3n) is 1.65. The van der Waals surface area contributed by atoms with E-state index in [2.05, 4.69) is 11.1 Å². The average Bonchev–Trinajstić information content (AvgIpc) is 2.39. The van der Waals surface area contributed by atoms with E-state index in [0.29, 0.717) is 16.9 Å². The molecule has 0 spiro atoms. The molecular formula is C8H7N2O2. The molecule has 2 aromatic heterocycles. The van der Waals surface area contributed by atoms with Crippen molar-refractivity contribution in [3.8, 4) is 0 Å². The fraction of sp³-hybridized carbons (Fsp3) is 0.250. The molecular weight excluding hydrogens is 156 g/mol. The lowest BCUT2D eigenvalue weighted by Crippen LogP contribution is -2.15. The molecule has 61 valence electrons. The minimum atomic E-state index is -0.128. The molecule has 0 atom stereocenters. The molecule has 0 N–H and O–H groups in total. The maximum atomic E-state index is 11.4. The summed E-state index contributed by atoms with van der Waals surface area (Å²) in [6, 6.07) is 2.81. The zero-order chi connectivity index (χ0) is 8.72. The Bertz CT molecular complexity index is 481. The van der Waals surface area contributed by atoms with Gasteiger partial charge >= 0.3 is 0 Å². The quantitative estimate of drug-likeness (QED) is 0.572. The molecule has 4 heteroatoms. The Morgan fingerprint density at radius 2 is 2.42 bits per heavy atom. The van der Waals surface area contributed by atoms with Gasteiger partial charge in [0.15, 0.2) is 0 Å². The molecule has 0 aliphatic carbocycles. The predicted octanol–water partition coefficient (Wildman–Crippen LogP) is 0.635. The first-order chi connectivity index (χ1) is 5.68. The first-order valence-corrected chi connectivity index (χ1v) is 3.52. The maximum absolute atomic E-state index is 11.4. The molecule has 0 fully saturated rings. The summed E-state index contributed by atoms with van der Waals surface area (Å²) in [6.45, 7) is 1.74. The lowest BCUT2D eigenvalue weighted by atomic mass is 10.4. The van der Waals surface area contributed by atoms with E-state index >= 15 is 0 Å². The van der Waals surface area contributed by atoms with Crippen LogP contribution in [0.4, 0.5) is 0 Å². The van der Waals surface area contributed by atoms with Crippen molar-refractivity contribution in [3.05, 3.63) is 28.5 Å². The van der Waals surface area contributed by atoms with Crippen molar-refractivity contribution in [3.63, 3.8) is 0 Å². The fourth-order valence-electron chi connectivity index (χ4n) is 1.05. The summed E-state index contributed by atoms with van der Waals surface area (Å²) in [4.78, 5) is 15.3. The summed E-state index contributed by atoms with van der Waals surface area (Å²) >= 11 is 0. The van der Waals surface area contributed by atoms with Crippen LogP contribution in [0.3, 0.4) is 0 Å². The summed E-state index contributed by atoms with van der Waals surface area (Å²) in [5.41, 5.74) is 0.229. The van der Waals surface area contributed by atoms with Gasteiger partial charge in [-0.1, -0.05) is 0 Å². The number of aryl methyl sites for hydroxylation is 2. The number of rotatable bonds is 0. The van der Waals surface area contributed by atoms with E-state index in [1.165, 1.54) is 10.9 Å². The molecule has 0 saturated heterocycles. The Hall–Kier alpha value is -1.58. The summed E-state index contributed by atoms with van der Waals surface area (Å²) < 4.78 is 6.52. The lowest BCUT2D eigenvalue weighted by Gasteiger charge is -1.92. The van der Waals surface area contributed by atoms with Crippen LogP contribution in [0.2, 0.25) is 0 Å². The molecule has 0 aromatic carbocycles. The second-order valence-electron chi connectivity index (χ2n) is 2.62. The number of nitrogens with zero attached hydrogens (tertiary/aromatic N) is 2. The van der Waals surface area contributed by atoms with E-state index in [0.717, 1.165) is 0 Å². The average molecular weight is 163 g/mol. The van der Waals surface area contributed by atoms with E-state index in [1.807, 2.05) is 0 Å². The number of furan rings is 1. The normalized spacial score (nSPS) is 10.8. The second kappa shape index (κ2) is 2.20. The van der Waals surface area contributed by atoms with E-state index < -0.39 is 0 Å². The molecule has 0 amide bonds. The second-order valence-corrected chi connectivity index (χ2v) is 2.62. The van der Waals surface area contributed by atoms with Crippen LogP contribution in [0.5, 0.6) is 0 Å². The highest BCUT2D eigenvalue weighted by molar-refractivity contribution is 5.71. The third kappa shape index (κ3) is 0.845. The van der Waals surface area contributed by atoms with E-state index in [-0.39, 0.29) is 5.56 Å². The monoisotopic (exact) mass is 163 g/mol. The van der Waals surface area contributed by atoms with Crippen LogP contribution in [0.25, 0.3) is 11.1 Å². The summed E-state index contributed by atoms with van der Waals surface area (Å²) in [5.74, 6) is 0.584. The van der Waals surface area contributed by atoms with Gasteiger partial charge in [0, 0.05) is 13.1 Å². The van der Waals surface area contributed by atoms with Crippen molar-refractivity contribution in [2.45, 2.75) is 6.92 Å². The molecule has 0 aliphatic heterocycles. The Morgan fingerprint density at radius 3 is 3.17 bits per heavy atom. The van der Waals surface area contributed by atoms with Crippen molar-refractivity contribution in [2.75, 3.05) is 0 Å². The molecule has 0 bridgehead atoms. The van der Waals surface area contributed by atoms with Crippen molar-refractivity contribution in [1.29, 1.82) is 0 Å². The number of aromatic nitrogens is 2. The maximum Gasteiger partial charge on any atom is 0.264 e. The van der Waals surface area contributed by atoms with E-state index in [4.69, 9.17) is 4.42 Å². The zero-order valence-corrected chi connectivity index (χ0v) is 6.79. The van der Waals surface area contributed by atoms with Gasteiger partial charge in [-0.25, -0.2) is 4.98 Å². The SMILES string of the molecule is Cc1[c]c2c(=O)n(C)cnc2o1. The van der Waals surface area contributed by atoms with Gasteiger partial charge in [0.25, 0.3) is 5.56 Å². The topological polar surface area (TPSA) is 48.0 Å². The van der Waals surface area contributed by atoms with Gasteiger partial charge in [-0.3, -0.25) is 4.79 Å². The van der Waals surface area contributed by atoms with E-state index in [1.54, 1.807) is 14.0 Å². The van der Waals surface area contributed by atoms with Gasteiger partial charge < -0.3 is 8.98 Å². The predicted molar refractivity (Wildman–Crippen MR) is 42.8 cm³/mol. The molecule has 12 heavy (non-hydrogen) atoms. The highest BCUT2D eigenvalue weighted by atomic mass is 16.3. The van der Waals surface area contributed by atoms with E-state index in [9.17, 15) is 4.79 Å².